The van der Waals surface area contributed by atoms with Crippen LogP contribution in [0.25, 0.3) is 33.9 Å². The molecule has 0 saturated heterocycles. The van der Waals surface area contributed by atoms with E-state index in [0.29, 0.717) is 30.1 Å². The van der Waals surface area contributed by atoms with E-state index in [1.54, 1.807) is 12.5 Å². The van der Waals surface area contributed by atoms with Crippen molar-refractivity contribution < 1.29 is 9.63 Å². The molecule has 0 spiro atoms. The molecule has 4 heterocycles. The number of para-hydroxylation sites is 1. The Morgan fingerprint density at radius 2 is 1.96 bits per heavy atom. The molecular formula is C18H15N7O2. The summed E-state index contributed by atoms with van der Waals surface area (Å²) < 4.78 is 9.28. The van der Waals surface area contributed by atoms with E-state index in [2.05, 4.69) is 25.3 Å². The lowest BCUT2D eigenvalue weighted by Crippen LogP contribution is -2.22. The fourth-order valence-electron chi connectivity index (χ4n) is 4.01. The molecule has 6 rings (SSSR count). The number of rotatable bonds is 2. The summed E-state index contributed by atoms with van der Waals surface area (Å²) in [6.45, 7) is 0. The van der Waals surface area contributed by atoms with E-state index in [-0.39, 0.29) is 5.89 Å². The first-order chi connectivity index (χ1) is 13.2. The SMILES string of the molecule is OC1(c2noc(-c3nnc4c5ccccc5n5cncc5n34)n2)CCCC1. The Morgan fingerprint density at radius 1 is 1.11 bits per heavy atom. The lowest BCUT2D eigenvalue weighted by Gasteiger charge is -2.16. The van der Waals surface area contributed by atoms with Gasteiger partial charge in [-0.2, -0.15) is 4.98 Å². The molecule has 4 aromatic heterocycles. The summed E-state index contributed by atoms with van der Waals surface area (Å²) in [7, 11) is 0. The smallest absolute Gasteiger partial charge is 0.296 e. The number of hydrogen-bond donors (Lipinski definition) is 1. The molecule has 5 aromatic rings. The Balaban J connectivity index is 1.63. The maximum atomic E-state index is 10.7. The van der Waals surface area contributed by atoms with Gasteiger partial charge in [-0.25, -0.2) is 4.98 Å². The fraction of sp³-hybridized carbons (Fsp3) is 0.278. The van der Waals surface area contributed by atoms with Crippen LogP contribution in [0.15, 0.2) is 41.3 Å². The van der Waals surface area contributed by atoms with Gasteiger partial charge in [-0.05, 0) is 37.8 Å². The third-order valence-corrected chi connectivity index (χ3v) is 5.38. The quantitative estimate of drug-likeness (QED) is 0.514. The predicted molar refractivity (Wildman–Crippen MR) is 94.9 cm³/mol. The van der Waals surface area contributed by atoms with Crippen LogP contribution >= 0.6 is 0 Å². The topological polar surface area (TPSA) is 107 Å². The van der Waals surface area contributed by atoms with E-state index in [9.17, 15) is 5.11 Å². The van der Waals surface area contributed by atoms with Crippen molar-refractivity contribution in [2.75, 3.05) is 0 Å². The van der Waals surface area contributed by atoms with Crippen LogP contribution in [0.2, 0.25) is 0 Å². The van der Waals surface area contributed by atoms with Crippen LogP contribution < -0.4 is 0 Å². The van der Waals surface area contributed by atoms with Crippen LogP contribution in [0.4, 0.5) is 0 Å². The summed E-state index contributed by atoms with van der Waals surface area (Å²) in [5.74, 6) is 0.981. The van der Waals surface area contributed by atoms with Gasteiger partial charge in [0, 0.05) is 5.39 Å². The second kappa shape index (κ2) is 5.10. The number of fused-ring (bicyclic) bond motifs is 6. The van der Waals surface area contributed by atoms with E-state index in [0.717, 1.165) is 29.4 Å². The van der Waals surface area contributed by atoms with Gasteiger partial charge in [0.1, 0.15) is 17.6 Å². The minimum absolute atomic E-state index is 0.233. The molecule has 1 fully saturated rings. The Hall–Kier alpha value is -3.33. The van der Waals surface area contributed by atoms with E-state index in [1.165, 1.54) is 0 Å². The minimum Gasteiger partial charge on any atom is -0.382 e. The second-order valence-corrected chi connectivity index (χ2v) is 6.98. The monoisotopic (exact) mass is 361 g/mol. The molecule has 9 nitrogen and oxygen atoms in total. The van der Waals surface area contributed by atoms with Crippen molar-refractivity contribution in [1.82, 2.24) is 34.1 Å². The minimum atomic E-state index is -1.01. The van der Waals surface area contributed by atoms with Crippen molar-refractivity contribution in [3.05, 3.63) is 42.6 Å². The molecule has 27 heavy (non-hydrogen) atoms. The Kier molecular flexibility index (Phi) is 2.80. The number of benzene rings is 1. The van der Waals surface area contributed by atoms with Gasteiger partial charge in [-0.15, -0.1) is 10.2 Å². The highest BCUT2D eigenvalue weighted by Crippen LogP contribution is 2.37. The van der Waals surface area contributed by atoms with Crippen LogP contribution in [0.5, 0.6) is 0 Å². The first-order valence-corrected chi connectivity index (χ1v) is 8.89. The van der Waals surface area contributed by atoms with Crippen LogP contribution in [-0.4, -0.2) is 39.2 Å². The van der Waals surface area contributed by atoms with Gasteiger partial charge in [-0.1, -0.05) is 17.3 Å². The van der Waals surface area contributed by atoms with E-state index in [1.807, 2.05) is 33.1 Å². The van der Waals surface area contributed by atoms with Crippen LogP contribution in [0, 0.1) is 0 Å². The number of aromatic nitrogens is 7. The van der Waals surface area contributed by atoms with E-state index >= 15 is 0 Å². The van der Waals surface area contributed by atoms with Crippen LogP contribution in [0.3, 0.4) is 0 Å². The zero-order valence-corrected chi connectivity index (χ0v) is 14.3. The Morgan fingerprint density at radius 3 is 2.85 bits per heavy atom. The van der Waals surface area contributed by atoms with Gasteiger partial charge in [0.2, 0.25) is 11.6 Å². The Bertz CT molecular complexity index is 1310. The molecule has 9 heteroatoms. The molecule has 1 saturated carbocycles. The third-order valence-electron chi connectivity index (χ3n) is 5.38. The largest absolute Gasteiger partial charge is 0.382 e. The summed E-state index contributed by atoms with van der Waals surface area (Å²) in [6.07, 6.45) is 6.69. The zero-order chi connectivity index (χ0) is 18.0. The number of nitrogens with zero attached hydrogens (tertiary/aromatic N) is 7. The van der Waals surface area contributed by atoms with Crippen molar-refractivity contribution in [2.24, 2.45) is 0 Å². The summed E-state index contributed by atoms with van der Waals surface area (Å²) in [4.78, 5) is 8.72. The molecule has 0 bridgehead atoms. The first kappa shape index (κ1) is 14.8. The lowest BCUT2D eigenvalue weighted by atomic mass is 10.0. The summed E-state index contributed by atoms with van der Waals surface area (Å²) in [5, 5.41) is 24.3. The van der Waals surface area contributed by atoms with Gasteiger partial charge < -0.3 is 9.63 Å². The van der Waals surface area contributed by atoms with E-state index in [4.69, 9.17) is 4.52 Å². The van der Waals surface area contributed by atoms with Gasteiger partial charge in [0.25, 0.3) is 5.89 Å². The average Bonchev–Trinajstić information content (AvgIpc) is 3.45. The van der Waals surface area contributed by atoms with Gasteiger partial charge in [0.15, 0.2) is 5.65 Å². The molecule has 0 radical (unpaired) electrons. The average molecular weight is 361 g/mol. The maximum absolute atomic E-state index is 10.7. The van der Waals surface area contributed by atoms with Crippen LogP contribution in [-0.2, 0) is 5.60 Å². The lowest BCUT2D eigenvalue weighted by molar-refractivity contribution is 0.0328. The molecule has 134 valence electrons. The third kappa shape index (κ3) is 1.94. The van der Waals surface area contributed by atoms with Crippen molar-refractivity contribution >= 4 is 22.2 Å². The molecule has 1 aliphatic rings. The van der Waals surface area contributed by atoms with Crippen molar-refractivity contribution in [3.63, 3.8) is 0 Å². The normalized spacial score (nSPS) is 16.8. The first-order valence-electron chi connectivity index (χ1n) is 8.89. The molecule has 0 amide bonds. The summed E-state index contributed by atoms with van der Waals surface area (Å²) >= 11 is 0. The molecular weight excluding hydrogens is 346 g/mol. The predicted octanol–water partition coefficient (Wildman–Crippen LogP) is 2.34. The molecule has 1 N–H and O–H groups in total. The Labute approximate surface area is 152 Å². The van der Waals surface area contributed by atoms with Crippen molar-refractivity contribution in [2.45, 2.75) is 31.3 Å². The van der Waals surface area contributed by atoms with Gasteiger partial charge in [-0.3, -0.25) is 8.80 Å². The standard InChI is InChI=1S/C18H15N7O2/c26-18(7-3-4-8-18)17-20-16(27-23-17)15-22-21-14-11-5-1-2-6-12(11)24-10-19-9-13(24)25(14)15/h1-2,5-6,9-10,26H,3-4,7-8H2. The highest BCUT2D eigenvalue weighted by Gasteiger charge is 2.38. The molecule has 1 aromatic carbocycles. The molecule has 0 aliphatic heterocycles. The summed E-state index contributed by atoms with van der Waals surface area (Å²) in [6, 6.07) is 7.93. The highest BCUT2D eigenvalue weighted by molar-refractivity contribution is 5.94. The number of aliphatic hydroxyl groups is 1. The van der Waals surface area contributed by atoms with Gasteiger partial charge in [0.05, 0.1) is 11.7 Å². The van der Waals surface area contributed by atoms with Crippen molar-refractivity contribution in [3.8, 4) is 11.7 Å². The highest BCUT2D eigenvalue weighted by atomic mass is 16.5. The molecule has 0 unspecified atom stereocenters. The van der Waals surface area contributed by atoms with Gasteiger partial charge >= 0.3 is 0 Å². The zero-order valence-electron chi connectivity index (χ0n) is 14.3. The fourth-order valence-corrected chi connectivity index (χ4v) is 4.01. The summed E-state index contributed by atoms with van der Waals surface area (Å²) in [5.41, 5.74) is 1.46. The van der Waals surface area contributed by atoms with E-state index < -0.39 is 5.60 Å². The molecule has 1 aliphatic carbocycles. The maximum Gasteiger partial charge on any atom is 0.296 e. The second-order valence-electron chi connectivity index (χ2n) is 6.98. The van der Waals surface area contributed by atoms with Crippen LogP contribution in [0.1, 0.15) is 31.5 Å². The molecule has 0 atom stereocenters. The van der Waals surface area contributed by atoms with Crippen molar-refractivity contribution in [1.29, 1.82) is 0 Å². The number of hydrogen-bond acceptors (Lipinski definition) is 7. The number of imidazole rings is 1.